The number of amides is 1. The van der Waals surface area contributed by atoms with Gasteiger partial charge in [-0.1, -0.05) is 6.42 Å². The van der Waals surface area contributed by atoms with Gasteiger partial charge in [-0.25, -0.2) is 31.5 Å². The van der Waals surface area contributed by atoms with Gasteiger partial charge in [0.15, 0.2) is 28.9 Å². The number of carbonyl (C=O) groups excluding carboxylic acids is 1. The molecule has 146 valence electrons. The zero-order valence-corrected chi connectivity index (χ0v) is 14.3. The number of carbonyl (C=O) groups is 1. The second-order valence-electron chi connectivity index (χ2n) is 6.48. The molecule has 28 heavy (non-hydrogen) atoms. The standard InChI is InChI=1S/C18H13F5N4O/c19-11-12(20)14(22)16(15(23)13(11)21)26-18(28)9-7-25-27-10-5-3-1-2-4-8(10)6-24-17(9)27/h6-7H,1-5H2,(H,26,28). The van der Waals surface area contributed by atoms with Crippen molar-refractivity contribution in [3.05, 3.63) is 58.3 Å². The number of hydrogen-bond donors (Lipinski definition) is 1. The largest absolute Gasteiger partial charge is 0.317 e. The van der Waals surface area contributed by atoms with Gasteiger partial charge in [-0.15, -0.1) is 0 Å². The number of hydrogen-bond acceptors (Lipinski definition) is 3. The molecule has 0 atom stereocenters. The number of aryl methyl sites for hydroxylation is 2. The molecule has 1 aliphatic carbocycles. The zero-order valence-electron chi connectivity index (χ0n) is 14.3. The average Bonchev–Trinajstić information content (AvgIpc) is 2.98. The fourth-order valence-electron chi connectivity index (χ4n) is 3.33. The third-order valence-electron chi connectivity index (χ3n) is 4.77. The van der Waals surface area contributed by atoms with Gasteiger partial charge in [0.2, 0.25) is 5.82 Å². The molecule has 4 rings (SSSR count). The lowest BCUT2D eigenvalue weighted by Crippen LogP contribution is -2.17. The molecule has 0 bridgehead atoms. The third kappa shape index (κ3) is 2.79. The van der Waals surface area contributed by atoms with Crippen molar-refractivity contribution in [3.63, 3.8) is 0 Å². The minimum atomic E-state index is -2.30. The van der Waals surface area contributed by atoms with Crippen molar-refractivity contribution in [2.45, 2.75) is 32.1 Å². The first-order valence-corrected chi connectivity index (χ1v) is 8.57. The fraction of sp³-hybridized carbons (Fsp3) is 0.278. The van der Waals surface area contributed by atoms with Crippen LogP contribution in [-0.4, -0.2) is 20.5 Å². The highest BCUT2D eigenvalue weighted by molar-refractivity contribution is 6.08. The molecule has 0 saturated carbocycles. The molecule has 1 amide bonds. The SMILES string of the molecule is O=C(Nc1c(F)c(F)c(F)c(F)c1F)c1cnn2c3c(cnc12)CCCCC3. The van der Waals surface area contributed by atoms with Crippen LogP contribution < -0.4 is 5.32 Å². The van der Waals surface area contributed by atoms with Gasteiger partial charge < -0.3 is 5.32 Å². The van der Waals surface area contributed by atoms with E-state index in [1.807, 2.05) is 0 Å². The summed E-state index contributed by atoms with van der Waals surface area (Å²) >= 11 is 0. The van der Waals surface area contributed by atoms with Crippen molar-refractivity contribution in [3.8, 4) is 0 Å². The van der Waals surface area contributed by atoms with Crippen molar-refractivity contribution < 1.29 is 26.7 Å². The van der Waals surface area contributed by atoms with E-state index in [2.05, 4.69) is 10.1 Å². The van der Waals surface area contributed by atoms with E-state index in [9.17, 15) is 26.7 Å². The lowest BCUT2D eigenvalue weighted by atomic mass is 10.1. The van der Waals surface area contributed by atoms with Crippen LogP contribution in [0.4, 0.5) is 27.6 Å². The van der Waals surface area contributed by atoms with Crippen LogP contribution in [0.1, 0.15) is 40.9 Å². The summed E-state index contributed by atoms with van der Waals surface area (Å²) in [6, 6.07) is 0. The van der Waals surface area contributed by atoms with Gasteiger partial charge in [0.25, 0.3) is 5.91 Å². The minimum absolute atomic E-state index is 0.141. The molecule has 1 aliphatic rings. The second kappa shape index (κ2) is 6.84. The Morgan fingerprint density at radius 1 is 0.893 bits per heavy atom. The summed E-state index contributed by atoms with van der Waals surface area (Å²) in [6.07, 6.45) is 7.32. The molecule has 1 N–H and O–H groups in total. The van der Waals surface area contributed by atoms with E-state index in [4.69, 9.17) is 0 Å². The average molecular weight is 396 g/mol. The summed E-state index contributed by atoms with van der Waals surface area (Å²) in [7, 11) is 0. The van der Waals surface area contributed by atoms with E-state index >= 15 is 0 Å². The van der Waals surface area contributed by atoms with Crippen LogP contribution in [0.2, 0.25) is 0 Å². The third-order valence-corrected chi connectivity index (χ3v) is 4.77. The highest BCUT2D eigenvalue weighted by Gasteiger charge is 2.28. The molecule has 0 fully saturated rings. The first kappa shape index (κ1) is 18.3. The van der Waals surface area contributed by atoms with Crippen LogP contribution in [-0.2, 0) is 12.8 Å². The van der Waals surface area contributed by atoms with E-state index in [1.54, 1.807) is 11.5 Å². The van der Waals surface area contributed by atoms with Crippen molar-refractivity contribution in [1.82, 2.24) is 14.6 Å². The number of benzene rings is 1. The normalized spacial score (nSPS) is 14.0. The maximum atomic E-state index is 13.8. The predicted molar refractivity (Wildman–Crippen MR) is 88.4 cm³/mol. The van der Waals surface area contributed by atoms with E-state index in [0.717, 1.165) is 49.6 Å². The van der Waals surface area contributed by atoms with Gasteiger partial charge in [0.05, 0.1) is 6.20 Å². The number of aromatic nitrogens is 3. The number of rotatable bonds is 2. The minimum Gasteiger partial charge on any atom is -0.317 e. The zero-order chi connectivity index (χ0) is 20.0. The van der Waals surface area contributed by atoms with Crippen molar-refractivity contribution in [2.24, 2.45) is 0 Å². The second-order valence-corrected chi connectivity index (χ2v) is 6.48. The molecule has 2 heterocycles. The molecule has 0 unspecified atom stereocenters. The lowest BCUT2D eigenvalue weighted by Gasteiger charge is -2.10. The molecule has 3 aromatic rings. The van der Waals surface area contributed by atoms with Crippen molar-refractivity contribution >= 4 is 17.2 Å². The van der Waals surface area contributed by atoms with Crippen LogP contribution in [0.5, 0.6) is 0 Å². The molecular weight excluding hydrogens is 383 g/mol. The number of nitrogens with zero attached hydrogens (tertiary/aromatic N) is 3. The summed E-state index contributed by atoms with van der Waals surface area (Å²) in [6.45, 7) is 0. The maximum Gasteiger partial charge on any atom is 0.261 e. The van der Waals surface area contributed by atoms with E-state index in [1.165, 1.54) is 4.52 Å². The van der Waals surface area contributed by atoms with Gasteiger partial charge >= 0.3 is 0 Å². The first-order valence-electron chi connectivity index (χ1n) is 8.57. The lowest BCUT2D eigenvalue weighted by molar-refractivity contribution is 0.102. The van der Waals surface area contributed by atoms with E-state index < -0.39 is 40.7 Å². The Hall–Kier alpha value is -3.04. The van der Waals surface area contributed by atoms with Crippen LogP contribution in [0.15, 0.2) is 12.4 Å². The Balaban J connectivity index is 1.74. The van der Waals surface area contributed by atoms with Crippen molar-refractivity contribution in [2.75, 3.05) is 5.32 Å². The quantitative estimate of drug-likeness (QED) is 0.309. The van der Waals surface area contributed by atoms with E-state index in [-0.39, 0.29) is 11.2 Å². The van der Waals surface area contributed by atoms with Crippen LogP contribution in [0.3, 0.4) is 0 Å². The van der Waals surface area contributed by atoms with Gasteiger partial charge in [-0.3, -0.25) is 4.79 Å². The topological polar surface area (TPSA) is 59.3 Å². The van der Waals surface area contributed by atoms with E-state index in [0.29, 0.717) is 0 Å². The molecule has 0 radical (unpaired) electrons. The number of anilines is 1. The summed E-state index contributed by atoms with van der Waals surface area (Å²) in [5, 5.41) is 5.87. The molecular formula is C18H13F5N4O. The number of halogens is 5. The van der Waals surface area contributed by atoms with Gasteiger partial charge in [0, 0.05) is 11.9 Å². The highest BCUT2D eigenvalue weighted by Crippen LogP contribution is 2.28. The predicted octanol–water partition coefficient (Wildman–Crippen LogP) is 3.95. The smallest absolute Gasteiger partial charge is 0.261 e. The molecule has 0 spiro atoms. The fourth-order valence-corrected chi connectivity index (χ4v) is 3.33. The first-order chi connectivity index (χ1) is 13.4. The van der Waals surface area contributed by atoms with Gasteiger partial charge in [0.1, 0.15) is 11.3 Å². The summed E-state index contributed by atoms with van der Waals surface area (Å²) in [5.41, 5.74) is 0.464. The van der Waals surface area contributed by atoms with Crippen molar-refractivity contribution in [1.29, 1.82) is 0 Å². The van der Waals surface area contributed by atoms with Gasteiger partial charge in [-0.05, 0) is 31.2 Å². The maximum absolute atomic E-state index is 13.8. The monoisotopic (exact) mass is 396 g/mol. The number of fused-ring (bicyclic) bond motifs is 3. The van der Waals surface area contributed by atoms with Crippen LogP contribution in [0.25, 0.3) is 5.65 Å². The Kier molecular flexibility index (Phi) is 4.48. The summed E-state index contributed by atoms with van der Waals surface area (Å²) < 4.78 is 68.9. The Labute approximate surface area is 155 Å². The molecule has 2 aromatic heterocycles. The van der Waals surface area contributed by atoms with Gasteiger partial charge in [-0.2, -0.15) is 5.10 Å². The summed E-state index contributed by atoms with van der Waals surface area (Å²) in [5.74, 6) is -11.9. The Bertz CT molecular complexity index is 1080. The molecule has 10 heteroatoms. The molecule has 0 saturated heterocycles. The summed E-state index contributed by atoms with van der Waals surface area (Å²) in [4.78, 5) is 16.7. The Morgan fingerprint density at radius 2 is 1.54 bits per heavy atom. The van der Waals surface area contributed by atoms with Crippen LogP contribution >= 0.6 is 0 Å². The Morgan fingerprint density at radius 3 is 2.25 bits per heavy atom. The molecule has 0 aliphatic heterocycles. The number of nitrogens with one attached hydrogen (secondary N) is 1. The molecule has 1 aromatic carbocycles. The van der Waals surface area contributed by atoms with Crippen LogP contribution in [0, 0.1) is 29.1 Å². The highest BCUT2D eigenvalue weighted by atomic mass is 19.2. The molecule has 5 nitrogen and oxygen atoms in total.